The molecule has 1 aromatic carbocycles. The number of pyridine rings is 1. The lowest BCUT2D eigenvalue weighted by Crippen LogP contribution is -2.34. The van der Waals surface area contributed by atoms with Gasteiger partial charge in [-0.1, -0.05) is 0 Å². The van der Waals surface area contributed by atoms with Crippen molar-refractivity contribution in [2.45, 2.75) is 6.92 Å². The Bertz CT molecular complexity index is 1310. The molecule has 0 unspecified atom stereocenters. The van der Waals surface area contributed by atoms with Crippen LogP contribution in [0.15, 0.2) is 39.7 Å². The predicted molar refractivity (Wildman–Crippen MR) is 126 cm³/mol. The van der Waals surface area contributed by atoms with Gasteiger partial charge in [0.05, 0.1) is 43.8 Å². The molecule has 0 fully saturated rings. The molecule has 0 aliphatic rings. The van der Waals surface area contributed by atoms with Gasteiger partial charge in [0.2, 0.25) is 5.43 Å². The zero-order valence-corrected chi connectivity index (χ0v) is 19.4. The first-order valence-corrected chi connectivity index (χ1v) is 10.9. The quantitative estimate of drug-likeness (QED) is 0.237. The van der Waals surface area contributed by atoms with E-state index < -0.39 is 23.2 Å². The van der Waals surface area contributed by atoms with Crippen molar-refractivity contribution >= 4 is 45.6 Å². The van der Waals surface area contributed by atoms with Crippen molar-refractivity contribution in [3.05, 3.63) is 56.7 Å². The number of H-pyrrole nitrogens is 1. The zero-order chi connectivity index (χ0) is 24.7. The molecule has 2 aromatic heterocycles. The van der Waals surface area contributed by atoms with Crippen molar-refractivity contribution in [2.24, 2.45) is 5.10 Å². The molecule has 3 aromatic rings. The van der Waals surface area contributed by atoms with Crippen LogP contribution in [0.1, 0.15) is 33.2 Å². The van der Waals surface area contributed by atoms with Gasteiger partial charge >= 0.3 is 5.97 Å². The highest BCUT2D eigenvalue weighted by Gasteiger charge is 2.16. The van der Waals surface area contributed by atoms with Crippen LogP contribution in [0.3, 0.4) is 0 Å². The molecule has 0 aliphatic heterocycles. The highest BCUT2D eigenvalue weighted by atomic mass is 32.1. The molecular formula is C22H22N4O7S. The number of benzene rings is 1. The van der Waals surface area contributed by atoms with Gasteiger partial charge in [-0.05, 0) is 25.1 Å². The average Bonchev–Trinajstić information content (AvgIpc) is 3.26. The molecule has 12 heteroatoms. The fourth-order valence-electron chi connectivity index (χ4n) is 2.93. The van der Waals surface area contributed by atoms with Gasteiger partial charge in [0, 0.05) is 22.7 Å². The number of aromatic nitrogens is 1. The normalized spacial score (nSPS) is 10.8. The number of thiophene rings is 1. The Kier molecular flexibility index (Phi) is 7.98. The first-order chi connectivity index (χ1) is 16.4. The number of esters is 1. The maximum absolute atomic E-state index is 12.5. The summed E-state index contributed by atoms with van der Waals surface area (Å²) in [5, 5.41) is 8.01. The van der Waals surface area contributed by atoms with Crippen molar-refractivity contribution in [2.75, 3.05) is 27.4 Å². The van der Waals surface area contributed by atoms with E-state index in [0.717, 1.165) is 11.3 Å². The van der Waals surface area contributed by atoms with E-state index in [9.17, 15) is 19.2 Å². The van der Waals surface area contributed by atoms with Crippen LogP contribution in [-0.4, -0.2) is 56.4 Å². The minimum absolute atomic E-state index is 0.0850. The molecule has 11 nitrogen and oxygen atoms in total. The monoisotopic (exact) mass is 486 g/mol. The summed E-state index contributed by atoms with van der Waals surface area (Å²) in [5.74, 6) is -0.858. The fourth-order valence-corrected chi connectivity index (χ4v) is 3.86. The van der Waals surface area contributed by atoms with Crippen LogP contribution in [0.4, 0.5) is 0 Å². The molecule has 0 saturated heterocycles. The summed E-state index contributed by atoms with van der Waals surface area (Å²) in [4.78, 5) is 51.6. The molecule has 3 N–H and O–H groups in total. The number of fused-ring (bicyclic) bond motifs is 1. The molecule has 0 atom stereocenters. The molecule has 0 spiro atoms. The number of aromatic amines is 1. The zero-order valence-electron chi connectivity index (χ0n) is 18.6. The van der Waals surface area contributed by atoms with E-state index in [4.69, 9.17) is 14.2 Å². The maximum Gasteiger partial charge on any atom is 0.343 e. The molecule has 0 radical (unpaired) electrons. The lowest BCUT2D eigenvalue weighted by molar-refractivity contribution is -0.120. The second-order valence-electron chi connectivity index (χ2n) is 6.69. The number of methoxy groups -OCH3 is 2. The molecule has 0 bridgehead atoms. The number of amides is 2. The topological polar surface area (TPSA) is 148 Å². The number of nitrogens with one attached hydrogen (secondary N) is 3. The van der Waals surface area contributed by atoms with E-state index in [1.165, 1.54) is 32.7 Å². The highest BCUT2D eigenvalue weighted by molar-refractivity contribution is 7.17. The third kappa shape index (κ3) is 5.41. The summed E-state index contributed by atoms with van der Waals surface area (Å²) >= 11 is 1.13. The lowest BCUT2D eigenvalue weighted by Gasteiger charge is -2.09. The Hall–Kier alpha value is -4.19. The second kappa shape index (κ2) is 11.1. The molecular weight excluding hydrogens is 464 g/mol. The van der Waals surface area contributed by atoms with Crippen molar-refractivity contribution < 1.29 is 28.6 Å². The van der Waals surface area contributed by atoms with Gasteiger partial charge in [0.25, 0.3) is 11.8 Å². The van der Waals surface area contributed by atoms with Crippen LogP contribution >= 0.6 is 11.3 Å². The standard InChI is InChI=1S/C22H22N4O7S/c1-4-33-22(30)14-9-23-18-13(11-34-20(18)19(14)28)8-25-26-17(27)10-24-21(29)12-5-6-15(31-2)16(7-12)32-3/h5-9,11H,4,10H2,1-3H3,(H,23,28)(H,24,29)(H,26,27)/b25-8-. The largest absolute Gasteiger partial charge is 0.493 e. The maximum atomic E-state index is 12.5. The summed E-state index contributed by atoms with van der Waals surface area (Å²) < 4.78 is 15.5. The number of rotatable bonds is 9. The number of hydrogen-bond acceptors (Lipinski definition) is 9. The SMILES string of the molecule is CCOC(=O)c1c[nH]c2c(/C=N\NC(=O)CNC(=O)c3ccc(OC)c(OC)c3)csc2c1=O. The fraction of sp³-hybridized carbons (Fsp3) is 0.227. The average molecular weight is 487 g/mol. The molecule has 0 aliphatic carbocycles. The van der Waals surface area contributed by atoms with E-state index in [2.05, 4.69) is 20.8 Å². The van der Waals surface area contributed by atoms with E-state index in [0.29, 0.717) is 32.8 Å². The van der Waals surface area contributed by atoms with Crippen LogP contribution in [-0.2, 0) is 9.53 Å². The summed E-state index contributed by atoms with van der Waals surface area (Å²) in [7, 11) is 2.94. The molecule has 2 heterocycles. The van der Waals surface area contributed by atoms with Crippen molar-refractivity contribution in [1.82, 2.24) is 15.7 Å². The molecule has 34 heavy (non-hydrogen) atoms. The second-order valence-corrected chi connectivity index (χ2v) is 7.57. The number of hydrogen-bond donors (Lipinski definition) is 3. The van der Waals surface area contributed by atoms with Crippen LogP contribution in [0, 0.1) is 0 Å². The summed E-state index contributed by atoms with van der Waals surface area (Å²) in [5.41, 5.74) is 3.09. The Labute approximate surface area is 197 Å². The first-order valence-electron chi connectivity index (χ1n) is 10.0. The molecule has 2 amide bonds. The van der Waals surface area contributed by atoms with Gasteiger partial charge in [0.15, 0.2) is 11.5 Å². The van der Waals surface area contributed by atoms with Crippen molar-refractivity contribution in [1.29, 1.82) is 0 Å². The Balaban J connectivity index is 1.60. The Morgan fingerprint density at radius 3 is 2.65 bits per heavy atom. The number of hydrazone groups is 1. The third-order valence-corrected chi connectivity index (χ3v) is 5.57. The third-order valence-electron chi connectivity index (χ3n) is 4.57. The van der Waals surface area contributed by atoms with Gasteiger partial charge < -0.3 is 24.5 Å². The highest BCUT2D eigenvalue weighted by Crippen LogP contribution is 2.27. The van der Waals surface area contributed by atoms with Crippen LogP contribution < -0.4 is 25.6 Å². The first kappa shape index (κ1) is 24.5. The number of carbonyl (C=O) groups excluding carboxylic acids is 3. The van der Waals surface area contributed by atoms with E-state index >= 15 is 0 Å². The lowest BCUT2D eigenvalue weighted by atomic mass is 10.2. The minimum atomic E-state index is -0.698. The summed E-state index contributed by atoms with van der Waals surface area (Å²) in [6.07, 6.45) is 2.64. The molecule has 3 rings (SSSR count). The predicted octanol–water partition coefficient (Wildman–Crippen LogP) is 1.66. The smallest absolute Gasteiger partial charge is 0.343 e. The van der Waals surface area contributed by atoms with Crippen LogP contribution in [0.2, 0.25) is 0 Å². The van der Waals surface area contributed by atoms with Gasteiger partial charge in [-0.15, -0.1) is 11.3 Å². The van der Waals surface area contributed by atoms with Crippen LogP contribution in [0.5, 0.6) is 11.5 Å². The van der Waals surface area contributed by atoms with Crippen molar-refractivity contribution in [3.8, 4) is 11.5 Å². The van der Waals surface area contributed by atoms with E-state index in [1.54, 1.807) is 24.4 Å². The minimum Gasteiger partial charge on any atom is -0.493 e. The molecule has 178 valence electrons. The van der Waals surface area contributed by atoms with Crippen molar-refractivity contribution in [3.63, 3.8) is 0 Å². The summed E-state index contributed by atoms with van der Waals surface area (Å²) in [6, 6.07) is 4.63. The van der Waals surface area contributed by atoms with E-state index in [1.807, 2.05) is 0 Å². The van der Waals surface area contributed by atoms with Gasteiger partial charge in [-0.25, -0.2) is 10.2 Å². The van der Waals surface area contributed by atoms with Gasteiger partial charge in [-0.3, -0.25) is 14.4 Å². The number of ether oxygens (including phenoxy) is 3. The molecule has 0 saturated carbocycles. The van der Waals surface area contributed by atoms with Crippen LogP contribution in [0.25, 0.3) is 10.2 Å². The van der Waals surface area contributed by atoms with E-state index in [-0.39, 0.29) is 18.7 Å². The van der Waals surface area contributed by atoms with Gasteiger partial charge in [0.1, 0.15) is 5.56 Å². The van der Waals surface area contributed by atoms with Gasteiger partial charge in [-0.2, -0.15) is 5.10 Å². The number of nitrogens with zero attached hydrogens (tertiary/aromatic N) is 1. The number of carbonyl (C=O) groups is 3. The Morgan fingerprint density at radius 1 is 1.18 bits per heavy atom. The summed E-state index contributed by atoms with van der Waals surface area (Å²) in [6.45, 7) is 1.50. The Morgan fingerprint density at radius 2 is 1.94 bits per heavy atom.